The Kier molecular flexibility index (Phi) is 5.26. The summed E-state index contributed by atoms with van der Waals surface area (Å²) in [6.07, 6.45) is 3.95. The number of nitrogens with zero attached hydrogens (tertiary/aromatic N) is 1. The Morgan fingerprint density at radius 3 is 2.30 bits per heavy atom. The van der Waals surface area contributed by atoms with Crippen LogP contribution >= 0.6 is 0 Å². The fourth-order valence-corrected chi connectivity index (χ4v) is 2.60. The van der Waals surface area contributed by atoms with Crippen LogP contribution in [-0.2, 0) is 0 Å². The number of likely N-dealkylation sites (N-methyl/N-ethyl adjacent to an activating group) is 1. The molecule has 1 aromatic rings. The quantitative estimate of drug-likeness (QED) is 0.739. The lowest BCUT2D eigenvalue weighted by molar-refractivity contribution is 0.0594. The Labute approximate surface area is 122 Å². The Morgan fingerprint density at radius 2 is 1.80 bits per heavy atom. The molecule has 4 heteroatoms. The molecule has 1 N–H and O–H groups in total. The Hall–Kier alpha value is -1.26. The van der Waals surface area contributed by atoms with Crippen molar-refractivity contribution in [2.45, 2.75) is 24.8 Å². The van der Waals surface area contributed by atoms with Crippen molar-refractivity contribution in [3.63, 3.8) is 0 Å². The molecule has 0 bridgehead atoms. The van der Waals surface area contributed by atoms with E-state index in [1.807, 2.05) is 24.3 Å². The zero-order valence-corrected chi connectivity index (χ0v) is 12.8. The van der Waals surface area contributed by atoms with Crippen molar-refractivity contribution in [1.29, 1.82) is 0 Å². The molecule has 0 radical (unpaired) electrons. The number of rotatable bonds is 8. The largest absolute Gasteiger partial charge is 0.497 e. The molecular weight excluding hydrogens is 252 g/mol. The van der Waals surface area contributed by atoms with E-state index in [0.717, 1.165) is 24.6 Å². The van der Waals surface area contributed by atoms with Crippen LogP contribution in [0.25, 0.3) is 0 Å². The van der Waals surface area contributed by atoms with E-state index >= 15 is 0 Å². The van der Waals surface area contributed by atoms with Gasteiger partial charge in [-0.1, -0.05) is 0 Å². The van der Waals surface area contributed by atoms with Gasteiger partial charge in [0.05, 0.1) is 7.11 Å². The fourth-order valence-electron chi connectivity index (χ4n) is 2.60. The monoisotopic (exact) mass is 278 g/mol. The minimum atomic E-state index is 0.375. The molecule has 1 fully saturated rings. The molecule has 1 saturated carbocycles. The fraction of sp³-hybridized carbons (Fsp3) is 0.625. The molecule has 1 aliphatic carbocycles. The lowest BCUT2D eigenvalue weighted by atomic mass is 9.75. The van der Waals surface area contributed by atoms with Crippen LogP contribution in [0.15, 0.2) is 24.3 Å². The second kappa shape index (κ2) is 6.95. The van der Waals surface area contributed by atoms with E-state index < -0.39 is 0 Å². The average molecular weight is 278 g/mol. The van der Waals surface area contributed by atoms with Gasteiger partial charge < -0.3 is 19.7 Å². The van der Waals surface area contributed by atoms with Gasteiger partial charge >= 0.3 is 0 Å². The van der Waals surface area contributed by atoms with E-state index in [9.17, 15) is 0 Å². The summed E-state index contributed by atoms with van der Waals surface area (Å²) in [7, 11) is 6.02. The number of hydrogen-bond acceptors (Lipinski definition) is 4. The standard InChI is InChI=1S/C16H26N2O2/c1-18(2)16(9-4-10-16)13-17-11-12-20-15-7-5-14(19-3)6-8-15/h5-8,17H,4,9-13H2,1-3H3. The molecule has 1 aliphatic rings. The zero-order chi connectivity index (χ0) is 14.4. The summed E-state index contributed by atoms with van der Waals surface area (Å²) in [5.74, 6) is 1.74. The van der Waals surface area contributed by atoms with Gasteiger partial charge in [0.15, 0.2) is 0 Å². The second-order valence-corrected chi connectivity index (χ2v) is 5.67. The average Bonchev–Trinajstić information content (AvgIpc) is 2.41. The zero-order valence-electron chi connectivity index (χ0n) is 12.8. The smallest absolute Gasteiger partial charge is 0.119 e. The molecule has 0 aromatic heterocycles. The summed E-state index contributed by atoms with van der Waals surface area (Å²) in [4.78, 5) is 2.35. The molecule has 0 heterocycles. The first-order valence-electron chi connectivity index (χ1n) is 7.31. The minimum absolute atomic E-state index is 0.375. The SMILES string of the molecule is COc1ccc(OCCNCC2(N(C)C)CCC2)cc1. The van der Waals surface area contributed by atoms with Crippen LogP contribution in [0.3, 0.4) is 0 Å². The van der Waals surface area contributed by atoms with Crippen molar-refractivity contribution < 1.29 is 9.47 Å². The lowest BCUT2D eigenvalue weighted by Gasteiger charge is -2.47. The highest BCUT2D eigenvalue weighted by atomic mass is 16.5. The van der Waals surface area contributed by atoms with E-state index in [4.69, 9.17) is 9.47 Å². The molecule has 0 aliphatic heterocycles. The van der Waals surface area contributed by atoms with E-state index in [-0.39, 0.29) is 0 Å². The van der Waals surface area contributed by atoms with Gasteiger partial charge in [0, 0.05) is 18.6 Å². The molecule has 0 saturated heterocycles. The van der Waals surface area contributed by atoms with Crippen LogP contribution in [0.5, 0.6) is 11.5 Å². The highest BCUT2D eigenvalue weighted by Crippen LogP contribution is 2.35. The molecule has 0 amide bonds. The van der Waals surface area contributed by atoms with Gasteiger partial charge in [-0.2, -0.15) is 0 Å². The molecule has 0 spiro atoms. The number of ether oxygens (including phenoxy) is 2. The maximum atomic E-state index is 5.70. The van der Waals surface area contributed by atoms with Crippen LogP contribution in [0.2, 0.25) is 0 Å². The van der Waals surface area contributed by atoms with Gasteiger partial charge in [-0.25, -0.2) is 0 Å². The summed E-state index contributed by atoms with van der Waals surface area (Å²) in [6.45, 7) is 2.61. The van der Waals surface area contributed by atoms with E-state index in [0.29, 0.717) is 12.1 Å². The third kappa shape index (κ3) is 3.64. The van der Waals surface area contributed by atoms with Crippen LogP contribution in [0.1, 0.15) is 19.3 Å². The van der Waals surface area contributed by atoms with Crippen molar-refractivity contribution in [2.75, 3.05) is 40.9 Å². The first-order chi connectivity index (χ1) is 9.66. The normalized spacial score (nSPS) is 16.8. The van der Waals surface area contributed by atoms with E-state index in [1.54, 1.807) is 7.11 Å². The maximum absolute atomic E-state index is 5.70. The van der Waals surface area contributed by atoms with Gasteiger partial charge in [-0.05, 0) is 57.6 Å². The predicted molar refractivity (Wildman–Crippen MR) is 81.6 cm³/mol. The van der Waals surface area contributed by atoms with Crippen molar-refractivity contribution in [3.8, 4) is 11.5 Å². The first kappa shape index (κ1) is 15.1. The highest BCUT2D eigenvalue weighted by molar-refractivity contribution is 5.31. The Bertz CT molecular complexity index is 399. The molecule has 2 rings (SSSR count). The van der Waals surface area contributed by atoms with Gasteiger partial charge in [0.25, 0.3) is 0 Å². The van der Waals surface area contributed by atoms with E-state index in [1.165, 1.54) is 19.3 Å². The Morgan fingerprint density at radius 1 is 1.15 bits per heavy atom. The summed E-state index contributed by atoms with van der Waals surface area (Å²) in [6, 6.07) is 7.70. The van der Waals surface area contributed by atoms with Crippen molar-refractivity contribution in [3.05, 3.63) is 24.3 Å². The third-order valence-corrected chi connectivity index (χ3v) is 4.29. The highest BCUT2D eigenvalue weighted by Gasteiger charge is 2.38. The third-order valence-electron chi connectivity index (χ3n) is 4.29. The molecule has 0 unspecified atom stereocenters. The number of methoxy groups -OCH3 is 1. The van der Waals surface area contributed by atoms with Gasteiger partial charge in [0.1, 0.15) is 18.1 Å². The number of benzene rings is 1. The summed E-state index contributed by atoms with van der Waals surface area (Å²) >= 11 is 0. The topological polar surface area (TPSA) is 33.7 Å². The molecule has 20 heavy (non-hydrogen) atoms. The molecular formula is C16H26N2O2. The number of nitrogens with one attached hydrogen (secondary N) is 1. The summed E-state index contributed by atoms with van der Waals surface area (Å²) < 4.78 is 10.8. The molecule has 0 atom stereocenters. The Balaban J connectivity index is 1.63. The van der Waals surface area contributed by atoms with Gasteiger partial charge in [0.2, 0.25) is 0 Å². The summed E-state index contributed by atoms with van der Waals surface area (Å²) in [5.41, 5.74) is 0.375. The molecule has 1 aromatic carbocycles. The van der Waals surface area contributed by atoms with Crippen molar-refractivity contribution in [1.82, 2.24) is 10.2 Å². The van der Waals surface area contributed by atoms with Crippen LogP contribution in [-0.4, -0.2) is 51.3 Å². The summed E-state index contributed by atoms with van der Waals surface area (Å²) in [5, 5.41) is 3.51. The van der Waals surface area contributed by atoms with E-state index in [2.05, 4.69) is 24.3 Å². The van der Waals surface area contributed by atoms with Crippen LogP contribution < -0.4 is 14.8 Å². The predicted octanol–water partition coefficient (Wildman–Crippen LogP) is 2.15. The first-order valence-corrected chi connectivity index (χ1v) is 7.31. The lowest BCUT2D eigenvalue weighted by Crippen LogP contribution is -2.56. The van der Waals surface area contributed by atoms with Gasteiger partial charge in [-0.15, -0.1) is 0 Å². The maximum Gasteiger partial charge on any atom is 0.119 e. The van der Waals surface area contributed by atoms with Crippen LogP contribution in [0, 0.1) is 0 Å². The van der Waals surface area contributed by atoms with Crippen molar-refractivity contribution in [2.24, 2.45) is 0 Å². The molecule has 4 nitrogen and oxygen atoms in total. The second-order valence-electron chi connectivity index (χ2n) is 5.67. The molecule has 112 valence electrons. The van der Waals surface area contributed by atoms with Crippen molar-refractivity contribution >= 4 is 0 Å². The minimum Gasteiger partial charge on any atom is -0.497 e. The van der Waals surface area contributed by atoms with Gasteiger partial charge in [-0.3, -0.25) is 0 Å². The van der Waals surface area contributed by atoms with Crippen LogP contribution in [0.4, 0.5) is 0 Å². The number of hydrogen-bond donors (Lipinski definition) is 1.